The molecule has 4 nitrogen and oxygen atoms in total. The molecule has 1 aromatic heterocycles. The highest BCUT2D eigenvalue weighted by Crippen LogP contribution is 2.20. The van der Waals surface area contributed by atoms with Gasteiger partial charge in [0.05, 0.1) is 10.9 Å². The normalized spacial score (nSPS) is 11.1. The number of carbonyl (C=O) groups is 1. The van der Waals surface area contributed by atoms with E-state index in [2.05, 4.69) is 27.6 Å². The Labute approximate surface area is 161 Å². The zero-order chi connectivity index (χ0) is 17.6. The molecule has 0 bridgehead atoms. The number of fused-ring (bicyclic) bond motifs is 2. The van der Waals surface area contributed by atoms with Gasteiger partial charge in [0.2, 0.25) is 0 Å². The second-order valence-electron chi connectivity index (χ2n) is 5.59. The average molecular weight is 458 g/mol. The highest BCUT2D eigenvalue weighted by Gasteiger charge is 2.17. The Morgan fingerprint density at radius 1 is 1.00 bits per heavy atom. The molecule has 0 spiro atoms. The van der Waals surface area contributed by atoms with Crippen molar-refractivity contribution in [3.05, 3.63) is 84.9 Å². The molecule has 1 N–H and O–H groups in total. The minimum absolute atomic E-state index is 0.0941. The highest BCUT2D eigenvalue weighted by molar-refractivity contribution is 14.1. The molecule has 0 amide bonds. The quantitative estimate of drug-likeness (QED) is 0.338. The molecule has 122 valence electrons. The number of nitrogens with one attached hydrogen (secondary N) is 1. The van der Waals surface area contributed by atoms with Gasteiger partial charge in [0.15, 0.2) is 4.77 Å². The summed E-state index contributed by atoms with van der Waals surface area (Å²) >= 11 is 7.42. The van der Waals surface area contributed by atoms with Crippen molar-refractivity contribution >= 4 is 62.4 Å². The molecule has 3 aromatic carbocycles. The lowest BCUT2D eigenvalue weighted by atomic mass is 10.0. The molecule has 4 rings (SSSR count). The third-order valence-electron chi connectivity index (χ3n) is 4.08. The first-order chi connectivity index (χ1) is 12.1. The van der Waals surface area contributed by atoms with E-state index in [1.54, 1.807) is 24.3 Å². The first kappa shape index (κ1) is 16.2. The number of carbonyl (C=O) groups excluding carboxylic acids is 1. The fourth-order valence-electron chi connectivity index (χ4n) is 2.90. The molecule has 1 heterocycles. The predicted molar refractivity (Wildman–Crippen MR) is 110 cm³/mol. The lowest BCUT2D eigenvalue weighted by molar-refractivity contribution is 0.0955. The second kappa shape index (κ2) is 6.20. The zero-order valence-corrected chi connectivity index (χ0v) is 15.8. The van der Waals surface area contributed by atoms with Crippen molar-refractivity contribution in [3.63, 3.8) is 0 Å². The number of benzene rings is 3. The fraction of sp³-hybridized carbons (Fsp3) is 0. The van der Waals surface area contributed by atoms with Gasteiger partial charge in [-0.1, -0.05) is 36.4 Å². The summed E-state index contributed by atoms with van der Waals surface area (Å²) in [5, 5.41) is 2.17. The van der Waals surface area contributed by atoms with E-state index < -0.39 is 11.5 Å². The van der Waals surface area contributed by atoms with Gasteiger partial charge in [-0.25, -0.2) is 4.57 Å². The maximum Gasteiger partial charge on any atom is 0.269 e. The summed E-state index contributed by atoms with van der Waals surface area (Å²) < 4.78 is 2.05. The summed E-state index contributed by atoms with van der Waals surface area (Å²) in [4.78, 5) is 29.0. The molecule has 0 atom stereocenters. The van der Waals surface area contributed by atoms with Crippen molar-refractivity contribution in [2.24, 2.45) is 0 Å². The van der Waals surface area contributed by atoms with E-state index in [0.29, 0.717) is 16.5 Å². The summed E-state index contributed by atoms with van der Waals surface area (Å²) in [6.07, 6.45) is 0. The second-order valence-corrected chi connectivity index (χ2v) is 7.22. The van der Waals surface area contributed by atoms with Crippen molar-refractivity contribution in [2.45, 2.75) is 0 Å². The molecule has 0 aliphatic heterocycles. The van der Waals surface area contributed by atoms with E-state index in [1.165, 1.54) is 0 Å². The van der Waals surface area contributed by atoms with Crippen LogP contribution in [0.25, 0.3) is 21.7 Å². The van der Waals surface area contributed by atoms with Crippen molar-refractivity contribution in [1.29, 1.82) is 0 Å². The Hall–Kier alpha value is -2.32. The smallest absolute Gasteiger partial charge is 0.269 e. The number of H-pyrrole nitrogens is 1. The van der Waals surface area contributed by atoms with Crippen molar-refractivity contribution in [3.8, 4) is 0 Å². The number of aromatic nitrogens is 2. The van der Waals surface area contributed by atoms with E-state index in [-0.39, 0.29) is 4.77 Å². The molecule has 0 fully saturated rings. The standard InChI is InChI=1S/C19H11IN2O2S/c20-12-8-9-16-15(10-12)18(24)22(19(25)21-16)17(23)14-7-3-5-11-4-1-2-6-13(11)14/h1-10H,(H,21,25). The molecule has 4 aromatic rings. The summed E-state index contributed by atoms with van der Waals surface area (Å²) in [6.45, 7) is 0. The van der Waals surface area contributed by atoms with Crippen LogP contribution in [0, 0.1) is 8.34 Å². The van der Waals surface area contributed by atoms with Gasteiger partial charge < -0.3 is 4.98 Å². The van der Waals surface area contributed by atoms with Crippen molar-refractivity contribution in [1.82, 2.24) is 9.55 Å². The lowest BCUT2D eigenvalue weighted by Crippen LogP contribution is -2.29. The first-order valence-corrected chi connectivity index (χ1v) is 9.02. The van der Waals surface area contributed by atoms with Crippen LogP contribution < -0.4 is 5.56 Å². The Balaban J connectivity index is 2.02. The average Bonchev–Trinajstić information content (AvgIpc) is 2.62. The number of halogens is 1. The Kier molecular flexibility index (Phi) is 4.01. The SMILES string of the molecule is O=C(c1cccc2ccccc12)n1c(=S)[nH]c2ccc(I)cc2c1=O. The number of rotatable bonds is 1. The predicted octanol–water partition coefficient (Wildman–Crippen LogP) is 4.51. The fourth-order valence-corrected chi connectivity index (χ4v) is 3.67. The lowest BCUT2D eigenvalue weighted by Gasteiger charge is -2.09. The Morgan fingerprint density at radius 2 is 1.76 bits per heavy atom. The van der Waals surface area contributed by atoms with E-state index in [0.717, 1.165) is 18.9 Å². The summed E-state index contributed by atoms with van der Waals surface area (Å²) in [5.41, 5.74) is 0.664. The number of hydrogen-bond donors (Lipinski definition) is 1. The molecule has 0 aliphatic rings. The molecule has 0 saturated carbocycles. The molecule has 0 unspecified atom stereocenters. The molecule has 25 heavy (non-hydrogen) atoms. The van der Waals surface area contributed by atoms with Crippen LogP contribution >= 0.6 is 34.8 Å². The third-order valence-corrected chi connectivity index (χ3v) is 5.04. The van der Waals surface area contributed by atoms with Gasteiger partial charge in [0.25, 0.3) is 11.5 Å². The Morgan fingerprint density at radius 3 is 2.60 bits per heavy atom. The van der Waals surface area contributed by atoms with E-state index in [1.807, 2.05) is 36.4 Å². The van der Waals surface area contributed by atoms with Crippen molar-refractivity contribution in [2.75, 3.05) is 0 Å². The summed E-state index contributed by atoms with van der Waals surface area (Å²) in [7, 11) is 0. The van der Waals surface area contributed by atoms with Gasteiger partial charge >= 0.3 is 0 Å². The summed E-state index contributed by atoms with van der Waals surface area (Å²) in [5.74, 6) is -0.427. The van der Waals surface area contributed by atoms with Gasteiger partial charge in [0, 0.05) is 9.13 Å². The van der Waals surface area contributed by atoms with Crippen molar-refractivity contribution < 1.29 is 4.79 Å². The van der Waals surface area contributed by atoms with E-state index in [4.69, 9.17) is 12.2 Å². The molecule has 6 heteroatoms. The van der Waals surface area contributed by atoms with Gasteiger partial charge in [-0.3, -0.25) is 9.59 Å². The van der Waals surface area contributed by atoms with Gasteiger partial charge in [-0.2, -0.15) is 0 Å². The number of hydrogen-bond acceptors (Lipinski definition) is 3. The molecular formula is C19H11IN2O2S. The van der Waals surface area contributed by atoms with Crippen LogP contribution in [-0.2, 0) is 0 Å². The van der Waals surface area contributed by atoms with Crippen LogP contribution in [-0.4, -0.2) is 15.5 Å². The van der Waals surface area contributed by atoms with E-state index >= 15 is 0 Å². The van der Waals surface area contributed by atoms with Crippen LogP contribution in [0.2, 0.25) is 0 Å². The topological polar surface area (TPSA) is 54.9 Å². The van der Waals surface area contributed by atoms with Crippen LogP contribution in [0.4, 0.5) is 0 Å². The van der Waals surface area contributed by atoms with Crippen LogP contribution in [0.1, 0.15) is 10.4 Å². The maximum absolute atomic E-state index is 13.1. The molecule has 0 aliphatic carbocycles. The van der Waals surface area contributed by atoms with Gasteiger partial charge in [-0.15, -0.1) is 0 Å². The monoisotopic (exact) mass is 458 g/mol. The van der Waals surface area contributed by atoms with Gasteiger partial charge in [-0.05, 0) is 69.8 Å². The largest absolute Gasteiger partial charge is 0.331 e. The van der Waals surface area contributed by atoms with Crippen LogP contribution in [0.3, 0.4) is 0 Å². The summed E-state index contributed by atoms with van der Waals surface area (Å²) in [6, 6.07) is 18.4. The molecule has 0 saturated heterocycles. The number of nitrogens with zero attached hydrogens (tertiary/aromatic N) is 1. The zero-order valence-electron chi connectivity index (χ0n) is 12.8. The molecular weight excluding hydrogens is 447 g/mol. The highest BCUT2D eigenvalue weighted by atomic mass is 127. The van der Waals surface area contributed by atoms with Crippen LogP contribution in [0.5, 0.6) is 0 Å². The number of aromatic amines is 1. The minimum atomic E-state index is -0.427. The first-order valence-electron chi connectivity index (χ1n) is 7.53. The van der Waals surface area contributed by atoms with E-state index in [9.17, 15) is 9.59 Å². The Bertz CT molecular complexity index is 1270. The van der Waals surface area contributed by atoms with Gasteiger partial charge in [0.1, 0.15) is 0 Å². The minimum Gasteiger partial charge on any atom is -0.331 e. The molecule has 0 radical (unpaired) electrons. The van der Waals surface area contributed by atoms with Crippen LogP contribution in [0.15, 0.2) is 65.5 Å². The maximum atomic E-state index is 13.1. The third kappa shape index (κ3) is 2.71.